The van der Waals surface area contributed by atoms with Gasteiger partial charge in [-0.3, -0.25) is 4.79 Å². The Morgan fingerprint density at radius 2 is 2.19 bits per heavy atom. The molecule has 0 bridgehead atoms. The number of nitrogens with zero attached hydrogens (tertiary/aromatic N) is 2. The minimum atomic E-state index is -0.0318. The van der Waals surface area contributed by atoms with Crippen molar-refractivity contribution in [1.82, 2.24) is 4.90 Å². The molecule has 1 rings (SSSR count). The van der Waals surface area contributed by atoms with E-state index in [1.807, 2.05) is 4.90 Å². The second-order valence-corrected chi connectivity index (χ2v) is 4.73. The monoisotopic (exact) mass is 242 g/mol. The van der Waals surface area contributed by atoms with E-state index in [0.29, 0.717) is 18.9 Å². The highest BCUT2D eigenvalue weighted by molar-refractivity contribution is 6.27. The van der Waals surface area contributed by atoms with Crippen LogP contribution in [0.4, 0.5) is 0 Å². The summed E-state index contributed by atoms with van der Waals surface area (Å²) in [6.45, 7) is 2.71. The zero-order valence-corrected chi connectivity index (χ0v) is 10.5. The van der Waals surface area contributed by atoms with Crippen LogP contribution >= 0.6 is 11.6 Å². The second kappa shape index (κ2) is 6.75. The molecule has 2 unspecified atom stereocenters. The van der Waals surface area contributed by atoms with Gasteiger partial charge in [0, 0.05) is 12.6 Å². The molecule has 2 atom stereocenters. The summed E-state index contributed by atoms with van der Waals surface area (Å²) in [6.07, 6.45) is 5.04. The van der Waals surface area contributed by atoms with Crippen LogP contribution in [0.2, 0.25) is 0 Å². The topological polar surface area (TPSA) is 44.1 Å². The van der Waals surface area contributed by atoms with Crippen LogP contribution in [-0.2, 0) is 4.79 Å². The van der Waals surface area contributed by atoms with Crippen molar-refractivity contribution < 1.29 is 4.79 Å². The molecule has 3 nitrogen and oxygen atoms in total. The summed E-state index contributed by atoms with van der Waals surface area (Å²) in [5.74, 6) is 0.518. The predicted molar refractivity (Wildman–Crippen MR) is 64.1 cm³/mol. The van der Waals surface area contributed by atoms with Gasteiger partial charge in [-0.2, -0.15) is 5.26 Å². The average Bonchev–Trinajstić information content (AvgIpc) is 2.31. The Morgan fingerprint density at radius 1 is 1.50 bits per heavy atom. The number of carbonyl (C=O) groups is 1. The molecular formula is C12H19ClN2O. The number of nitriles is 1. The molecule has 1 aliphatic carbocycles. The maximum absolute atomic E-state index is 11.7. The first kappa shape index (κ1) is 13.3. The molecule has 0 aromatic heterocycles. The third-order valence-corrected chi connectivity index (χ3v) is 3.59. The number of rotatable bonds is 4. The zero-order chi connectivity index (χ0) is 12.0. The van der Waals surface area contributed by atoms with Gasteiger partial charge in [0.2, 0.25) is 5.91 Å². The lowest BCUT2D eigenvalue weighted by Crippen LogP contribution is -2.46. The van der Waals surface area contributed by atoms with Crippen LogP contribution in [0.3, 0.4) is 0 Å². The minimum absolute atomic E-state index is 0.0225. The smallest absolute Gasteiger partial charge is 0.237 e. The summed E-state index contributed by atoms with van der Waals surface area (Å²) in [7, 11) is 0. The standard InChI is InChI=1S/C12H19ClN2O/c1-10-5-2-3-6-11(10)15(8-4-7-14)12(16)9-13/h10-11H,2-6,8-9H2,1H3. The van der Waals surface area contributed by atoms with Gasteiger partial charge >= 0.3 is 0 Å². The molecule has 1 aliphatic rings. The number of amides is 1. The maximum atomic E-state index is 11.7. The Morgan fingerprint density at radius 3 is 2.75 bits per heavy atom. The van der Waals surface area contributed by atoms with Gasteiger partial charge in [-0.25, -0.2) is 0 Å². The van der Waals surface area contributed by atoms with Crippen molar-refractivity contribution in [2.75, 3.05) is 12.4 Å². The van der Waals surface area contributed by atoms with Crippen LogP contribution in [0.1, 0.15) is 39.0 Å². The van der Waals surface area contributed by atoms with Crippen LogP contribution in [0.15, 0.2) is 0 Å². The van der Waals surface area contributed by atoms with Gasteiger partial charge in [-0.15, -0.1) is 11.6 Å². The lowest BCUT2D eigenvalue weighted by Gasteiger charge is -2.38. The molecule has 1 fully saturated rings. The van der Waals surface area contributed by atoms with Crippen molar-refractivity contribution in [2.24, 2.45) is 5.92 Å². The number of hydrogen-bond donors (Lipinski definition) is 0. The van der Waals surface area contributed by atoms with Gasteiger partial charge in [0.1, 0.15) is 5.88 Å². The van der Waals surface area contributed by atoms with Crippen molar-refractivity contribution in [3.63, 3.8) is 0 Å². The highest BCUT2D eigenvalue weighted by Gasteiger charge is 2.29. The van der Waals surface area contributed by atoms with E-state index >= 15 is 0 Å². The van der Waals surface area contributed by atoms with Gasteiger partial charge in [0.05, 0.1) is 12.5 Å². The number of halogens is 1. The van der Waals surface area contributed by atoms with E-state index in [0.717, 1.165) is 6.42 Å². The third-order valence-electron chi connectivity index (χ3n) is 3.37. The van der Waals surface area contributed by atoms with E-state index in [1.165, 1.54) is 19.3 Å². The summed E-state index contributed by atoms with van der Waals surface area (Å²) in [4.78, 5) is 13.6. The number of alkyl halides is 1. The first-order valence-corrected chi connectivity index (χ1v) is 6.46. The molecule has 0 N–H and O–H groups in total. The predicted octanol–water partition coefficient (Wildman–Crippen LogP) is 2.55. The molecule has 0 saturated heterocycles. The second-order valence-electron chi connectivity index (χ2n) is 4.46. The Bertz CT molecular complexity index is 275. The molecule has 4 heteroatoms. The van der Waals surface area contributed by atoms with Gasteiger partial charge < -0.3 is 4.90 Å². The van der Waals surface area contributed by atoms with Gasteiger partial charge in [0.15, 0.2) is 0 Å². The summed E-state index contributed by atoms with van der Waals surface area (Å²) in [6, 6.07) is 2.38. The molecule has 0 aromatic carbocycles. The highest BCUT2D eigenvalue weighted by Crippen LogP contribution is 2.28. The zero-order valence-electron chi connectivity index (χ0n) is 9.79. The summed E-state index contributed by atoms with van der Waals surface area (Å²) < 4.78 is 0. The molecule has 0 aromatic rings. The summed E-state index contributed by atoms with van der Waals surface area (Å²) in [5, 5.41) is 8.61. The Labute approximate surface area is 102 Å². The molecule has 16 heavy (non-hydrogen) atoms. The number of carbonyl (C=O) groups excluding carboxylic acids is 1. The van der Waals surface area contributed by atoms with Crippen molar-refractivity contribution in [3.05, 3.63) is 0 Å². The fourth-order valence-electron chi connectivity index (χ4n) is 2.48. The molecular weight excluding hydrogens is 224 g/mol. The van der Waals surface area contributed by atoms with E-state index in [1.54, 1.807) is 0 Å². The maximum Gasteiger partial charge on any atom is 0.237 e. The largest absolute Gasteiger partial charge is 0.337 e. The number of hydrogen-bond acceptors (Lipinski definition) is 2. The molecule has 0 radical (unpaired) electrons. The summed E-state index contributed by atoms with van der Waals surface area (Å²) >= 11 is 5.62. The van der Waals surface area contributed by atoms with Crippen LogP contribution in [0, 0.1) is 17.2 Å². The van der Waals surface area contributed by atoms with E-state index in [4.69, 9.17) is 16.9 Å². The van der Waals surface area contributed by atoms with Gasteiger partial charge in [0.25, 0.3) is 0 Å². The fraction of sp³-hybridized carbons (Fsp3) is 0.833. The quantitative estimate of drug-likeness (QED) is 0.711. The van der Waals surface area contributed by atoms with Gasteiger partial charge in [-0.1, -0.05) is 19.8 Å². The normalized spacial score (nSPS) is 24.8. The van der Waals surface area contributed by atoms with Gasteiger partial charge in [-0.05, 0) is 18.8 Å². The molecule has 90 valence electrons. The molecule has 1 amide bonds. The average molecular weight is 243 g/mol. The van der Waals surface area contributed by atoms with Crippen LogP contribution in [-0.4, -0.2) is 29.3 Å². The lowest BCUT2D eigenvalue weighted by atomic mass is 9.85. The van der Waals surface area contributed by atoms with Crippen molar-refractivity contribution in [2.45, 2.75) is 45.1 Å². The van der Waals surface area contributed by atoms with Crippen LogP contribution in [0.25, 0.3) is 0 Å². The van der Waals surface area contributed by atoms with Crippen LogP contribution in [0.5, 0.6) is 0 Å². The van der Waals surface area contributed by atoms with Crippen molar-refractivity contribution in [1.29, 1.82) is 5.26 Å². The van der Waals surface area contributed by atoms with E-state index in [-0.39, 0.29) is 17.8 Å². The molecule has 1 saturated carbocycles. The SMILES string of the molecule is CC1CCCCC1N(CCC#N)C(=O)CCl. The third kappa shape index (κ3) is 3.38. The minimum Gasteiger partial charge on any atom is -0.337 e. The van der Waals surface area contributed by atoms with E-state index in [9.17, 15) is 4.79 Å². The summed E-state index contributed by atoms with van der Waals surface area (Å²) in [5.41, 5.74) is 0. The molecule has 0 spiro atoms. The Hall–Kier alpha value is -0.750. The first-order chi connectivity index (χ1) is 7.70. The first-order valence-electron chi connectivity index (χ1n) is 5.93. The molecule has 0 aliphatic heterocycles. The lowest BCUT2D eigenvalue weighted by molar-refractivity contribution is -0.132. The Balaban J connectivity index is 2.66. The van der Waals surface area contributed by atoms with Crippen molar-refractivity contribution in [3.8, 4) is 6.07 Å². The van der Waals surface area contributed by atoms with Crippen molar-refractivity contribution >= 4 is 17.5 Å². The van der Waals surface area contributed by atoms with E-state index in [2.05, 4.69) is 13.0 Å². The Kier molecular flexibility index (Phi) is 5.62. The highest BCUT2D eigenvalue weighted by atomic mass is 35.5. The molecule has 0 heterocycles. The van der Waals surface area contributed by atoms with E-state index < -0.39 is 0 Å². The van der Waals surface area contributed by atoms with Crippen LogP contribution < -0.4 is 0 Å². The fourth-order valence-corrected chi connectivity index (χ4v) is 2.64.